The van der Waals surface area contributed by atoms with Crippen LogP contribution in [0.4, 0.5) is 0 Å². The minimum Gasteiger partial charge on any atom is -0.358 e. The predicted molar refractivity (Wildman–Crippen MR) is 57.9 cm³/mol. The average Bonchev–Trinajstić information content (AvgIpc) is 2.26. The summed E-state index contributed by atoms with van der Waals surface area (Å²) >= 11 is 0. The van der Waals surface area contributed by atoms with E-state index in [0.29, 0.717) is 0 Å². The number of hydrogen-bond acceptors (Lipinski definition) is 2. The Labute approximate surface area is 86.4 Å². The second-order valence-electron chi connectivity index (χ2n) is 4.30. The van der Waals surface area contributed by atoms with Gasteiger partial charge in [0, 0.05) is 7.05 Å². The van der Waals surface area contributed by atoms with Gasteiger partial charge >= 0.3 is 0 Å². The summed E-state index contributed by atoms with van der Waals surface area (Å²) in [7, 11) is 1.64. The highest BCUT2D eigenvalue weighted by Gasteiger charge is 2.17. The number of likely N-dealkylation sites (N-methyl/N-ethyl adjacent to an activating group) is 1. The van der Waals surface area contributed by atoms with Crippen LogP contribution in [0.5, 0.6) is 0 Å². The monoisotopic (exact) mass is 198 g/mol. The maximum atomic E-state index is 11.1. The third-order valence-electron chi connectivity index (χ3n) is 3.19. The summed E-state index contributed by atoms with van der Waals surface area (Å²) in [5, 5.41) is 2.59. The van der Waals surface area contributed by atoms with Gasteiger partial charge in [0.15, 0.2) is 0 Å². The van der Waals surface area contributed by atoms with Crippen molar-refractivity contribution in [2.75, 3.05) is 7.05 Å². The predicted octanol–water partition coefficient (Wildman–Crippen LogP) is 1.42. The van der Waals surface area contributed by atoms with E-state index in [9.17, 15) is 4.79 Å². The van der Waals surface area contributed by atoms with Crippen LogP contribution in [0.1, 0.15) is 44.9 Å². The highest BCUT2D eigenvalue weighted by atomic mass is 16.2. The van der Waals surface area contributed by atoms with Crippen molar-refractivity contribution in [3.8, 4) is 0 Å². The van der Waals surface area contributed by atoms with Gasteiger partial charge in [0.05, 0.1) is 6.04 Å². The molecule has 0 heterocycles. The quantitative estimate of drug-likeness (QED) is 0.718. The van der Waals surface area contributed by atoms with Gasteiger partial charge in [0.25, 0.3) is 0 Å². The normalized spacial score (nSPS) is 20.4. The molecule has 0 saturated heterocycles. The Morgan fingerprint density at radius 1 is 1.43 bits per heavy atom. The molecular weight excluding hydrogens is 176 g/mol. The van der Waals surface area contributed by atoms with Crippen LogP contribution in [0, 0.1) is 5.92 Å². The topological polar surface area (TPSA) is 55.1 Å². The van der Waals surface area contributed by atoms with Crippen LogP contribution in [-0.2, 0) is 4.79 Å². The molecule has 0 bridgehead atoms. The zero-order valence-corrected chi connectivity index (χ0v) is 9.09. The first-order valence-corrected chi connectivity index (χ1v) is 5.71. The van der Waals surface area contributed by atoms with E-state index in [2.05, 4.69) is 5.32 Å². The fraction of sp³-hybridized carbons (Fsp3) is 0.909. The lowest BCUT2D eigenvalue weighted by Gasteiger charge is -2.22. The van der Waals surface area contributed by atoms with Crippen molar-refractivity contribution in [2.24, 2.45) is 11.7 Å². The van der Waals surface area contributed by atoms with E-state index in [4.69, 9.17) is 5.73 Å². The molecule has 1 amide bonds. The molecule has 0 aromatic heterocycles. The molecule has 0 radical (unpaired) electrons. The highest BCUT2D eigenvalue weighted by Crippen LogP contribution is 2.27. The van der Waals surface area contributed by atoms with Gasteiger partial charge in [0.2, 0.25) is 5.91 Å². The minimum absolute atomic E-state index is 0.0270. The van der Waals surface area contributed by atoms with Crippen molar-refractivity contribution in [2.45, 2.75) is 51.0 Å². The molecule has 0 spiro atoms. The van der Waals surface area contributed by atoms with Crippen LogP contribution in [0.3, 0.4) is 0 Å². The Balaban J connectivity index is 2.15. The van der Waals surface area contributed by atoms with Crippen LogP contribution in [0.25, 0.3) is 0 Å². The number of hydrogen-bond donors (Lipinski definition) is 2. The van der Waals surface area contributed by atoms with E-state index in [1.807, 2.05) is 0 Å². The molecule has 1 saturated carbocycles. The van der Waals surface area contributed by atoms with Crippen molar-refractivity contribution >= 4 is 5.91 Å². The van der Waals surface area contributed by atoms with Crippen molar-refractivity contribution in [3.05, 3.63) is 0 Å². The van der Waals surface area contributed by atoms with Crippen LogP contribution in [-0.4, -0.2) is 19.0 Å². The fourth-order valence-electron chi connectivity index (χ4n) is 2.21. The third kappa shape index (κ3) is 3.66. The largest absolute Gasteiger partial charge is 0.358 e. The first kappa shape index (κ1) is 11.5. The van der Waals surface area contributed by atoms with Gasteiger partial charge in [-0.1, -0.05) is 32.1 Å². The lowest BCUT2D eigenvalue weighted by molar-refractivity contribution is -0.122. The summed E-state index contributed by atoms with van der Waals surface area (Å²) in [6.07, 6.45) is 8.73. The number of amides is 1. The summed E-state index contributed by atoms with van der Waals surface area (Å²) in [5.74, 6) is 0.792. The number of carbonyl (C=O) groups excluding carboxylic acids is 1. The zero-order valence-electron chi connectivity index (χ0n) is 9.09. The Morgan fingerprint density at radius 2 is 2.07 bits per heavy atom. The SMILES string of the molecule is CNC(=O)C(N)CCC1CCCCC1. The number of rotatable bonds is 4. The fourth-order valence-corrected chi connectivity index (χ4v) is 2.21. The second kappa shape index (κ2) is 6.02. The van der Waals surface area contributed by atoms with E-state index in [1.165, 1.54) is 32.1 Å². The Bertz CT molecular complexity index is 176. The Kier molecular flexibility index (Phi) is 4.94. The van der Waals surface area contributed by atoms with Crippen LogP contribution >= 0.6 is 0 Å². The number of nitrogens with one attached hydrogen (secondary N) is 1. The molecule has 3 nitrogen and oxygen atoms in total. The zero-order chi connectivity index (χ0) is 10.4. The third-order valence-corrected chi connectivity index (χ3v) is 3.19. The summed E-state index contributed by atoms with van der Waals surface area (Å²) in [5.41, 5.74) is 5.73. The minimum atomic E-state index is -0.304. The molecule has 3 heteroatoms. The van der Waals surface area contributed by atoms with Crippen molar-refractivity contribution in [1.29, 1.82) is 0 Å². The van der Waals surface area contributed by atoms with Gasteiger partial charge in [0.1, 0.15) is 0 Å². The number of nitrogens with two attached hydrogens (primary N) is 1. The van der Waals surface area contributed by atoms with Gasteiger partial charge in [-0.3, -0.25) is 4.79 Å². The molecule has 1 atom stereocenters. The molecule has 0 aliphatic heterocycles. The molecule has 1 unspecified atom stereocenters. The van der Waals surface area contributed by atoms with Crippen molar-refractivity contribution in [1.82, 2.24) is 5.32 Å². The summed E-state index contributed by atoms with van der Waals surface area (Å²) in [4.78, 5) is 11.1. The van der Waals surface area contributed by atoms with E-state index in [-0.39, 0.29) is 11.9 Å². The summed E-state index contributed by atoms with van der Waals surface area (Å²) in [6.45, 7) is 0. The first-order valence-electron chi connectivity index (χ1n) is 5.71. The first-order chi connectivity index (χ1) is 6.74. The van der Waals surface area contributed by atoms with Gasteiger partial charge in [-0.25, -0.2) is 0 Å². The molecule has 1 aliphatic carbocycles. The van der Waals surface area contributed by atoms with Gasteiger partial charge in [-0.2, -0.15) is 0 Å². The van der Waals surface area contributed by atoms with Crippen molar-refractivity contribution in [3.63, 3.8) is 0 Å². The van der Waals surface area contributed by atoms with Crippen molar-refractivity contribution < 1.29 is 4.79 Å². The highest BCUT2D eigenvalue weighted by molar-refractivity contribution is 5.81. The second-order valence-corrected chi connectivity index (χ2v) is 4.30. The lowest BCUT2D eigenvalue weighted by atomic mass is 9.85. The van der Waals surface area contributed by atoms with Crippen LogP contribution in [0.2, 0.25) is 0 Å². The molecule has 1 fully saturated rings. The molecule has 0 aromatic rings. The van der Waals surface area contributed by atoms with E-state index in [0.717, 1.165) is 18.8 Å². The van der Waals surface area contributed by atoms with Gasteiger partial charge in [-0.15, -0.1) is 0 Å². The number of carbonyl (C=O) groups is 1. The smallest absolute Gasteiger partial charge is 0.236 e. The molecule has 14 heavy (non-hydrogen) atoms. The van der Waals surface area contributed by atoms with Gasteiger partial charge in [-0.05, 0) is 18.8 Å². The van der Waals surface area contributed by atoms with E-state index >= 15 is 0 Å². The van der Waals surface area contributed by atoms with Crippen LogP contribution < -0.4 is 11.1 Å². The average molecular weight is 198 g/mol. The Morgan fingerprint density at radius 3 is 2.64 bits per heavy atom. The lowest BCUT2D eigenvalue weighted by Crippen LogP contribution is -2.38. The molecule has 3 N–H and O–H groups in total. The Hall–Kier alpha value is -0.570. The van der Waals surface area contributed by atoms with Crippen LogP contribution in [0.15, 0.2) is 0 Å². The molecule has 1 rings (SSSR count). The van der Waals surface area contributed by atoms with E-state index < -0.39 is 0 Å². The standard InChI is InChI=1S/C11H22N2O/c1-13-11(14)10(12)8-7-9-5-3-2-4-6-9/h9-10H,2-8,12H2,1H3,(H,13,14). The maximum Gasteiger partial charge on any atom is 0.236 e. The molecular formula is C11H22N2O. The van der Waals surface area contributed by atoms with Gasteiger partial charge < -0.3 is 11.1 Å². The molecule has 1 aliphatic rings. The molecule has 82 valence electrons. The summed E-state index contributed by atoms with van der Waals surface area (Å²) < 4.78 is 0. The molecule has 0 aromatic carbocycles. The summed E-state index contributed by atoms with van der Waals surface area (Å²) in [6, 6.07) is -0.304. The maximum absolute atomic E-state index is 11.1. The van der Waals surface area contributed by atoms with E-state index in [1.54, 1.807) is 7.05 Å².